The van der Waals surface area contributed by atoms with E-state index in [-0.39, 0.29) is 0 Å². The summed E-state index contributed by atoms with van der Waals surface area (Å²) >= 11 is 0. The standard InChI is InChI=1S/C59H41N5/c1-38-16-6-8-22-46(38)58-60-57(61-59(62-58)47-23-9-7-17-39(47)2)43-19-14-18-42(36-43)48-26-15-29-55-56(48)50-25-11-13-28-53(50)64(55)45-33-30-40(31-34-45)41-32-35-54-51(37-41)49-24-10-12-27-52(49)63(54)44-20-4-3-5-21-44/h3-37H,1-2H3. The van der Waals surface area contributed by atoms with Crippen molar-refractivity contribution >= 4 is 43.6 Å². The molecule has 0 bridgehead atoms. The lowest BCUT2D eigenvalue weighted by Gasteiger charge is -2.12. The van der Waals surface area contributed by atoms with E-state index in [9.17, 15) is 0 Å². The van der Waals surface area contributed by atoms with Crippen molar-refractivity contribution in [3.8, 4) is 67.8 Å². The Bertz CT molecular complexity index is 3680. The summed E-state index contributed by atoms with van der Waals surface area (Å²) in [6, 6.07) is 75.8. The average molecular weight is 820 g/mol. The highest BCUT2D eigenvalue weighted by atomic mass is 15.0. The third kappa shape index (κ3) is 6.20. The van der Waals surface area contributed by atoms with E-state index in [0.717, 1.165) is 61.4 Å². The zero-order valence-electron chi connectivity index (χ0n) is 35.4. The van der Waals surface area contributed by atoms with Crippen LogP contribution in [0.25, 0.3) is 111 Å². The molecule has 0 fully saturated rings. The molecule has 5 nitrogen and oxygen atoms in total. The van der Waals surface area contributed by atoms with Gasteiger partial charge in [0.2, 0.25) is 0 Å². The Labute approximate surface area is 371 Å². The molecule has 0 aliphatic rings. The van der Waals surface area contributed by atoms with Gasteiger partial charge in [-0.2, -0.15) is 0 Å². The van der Waals surface area contributed by atoms with E-state index in [0.29, 0.717) is 17.5 Å². The molecule has 3 aromatic heterocycles. The van der Waals surface area contributed by atoms with Crippen LogP contribution in [0.1, 0.15) is 11.1 Å². The van der Waals surface area contributed by atoms with Gasteiger partial charge in [-0.15, -0.1) is 0 Å². The highest BCUT2D eigenvalue weighted by Gasteiger charge is 2.19. The van der Waals surface area contributed by atoms with Crippen LogP contribution >= 0.6 is 0 Å². The summed E-state index contributed by atoms with van der Waals surface area (Å²) in [6.45, 7) is 4.20. The molecule has 12 rings (SSSR count). The minimum atomic E-state index is 0.643. The monoisotopic (exact) mass is 819 g/mol. The van der Waals surface area contributed by atoms with Gasteiger partial charge in [-0.3, -0.25) is 0 Å². The zero-order chi connectivity index (χ0) is 42.7. The highest BCUT2D eigenvalue weighted by molar-refractivity contribution is 6.16. The molecular weight excluding hydrogens is 779 g/mol. The number of rotatable bonds is 7. The van der Waals surface area contributed by atoms with E-state index in [4.69, 9.17) is 15.0 Å². The molecule has 0 aliphatic carbocycles. The van der Waals surface area contributed by atoms with Gasteiger partial charge < -0.3 is 9.13 Å². The van der Waals surface area contributed by atoms with E-state index in [1.54, 1.807) is 0 Å². The van der Waals surface area contributed by atoms with Gasteiger partial charge in [0.05, 0.1) is 22.1 Å². The Morgan fingerprint density at radius 3 is 1.52 bits per heavy atom. The molecule has 0 N–H and O–H groups in total. The van der Waals surface area contributed by atoms with E-state index < -0.39 is 0 Å². The number of fused-ring (bicyclic) bond motifs is 6. The molecule has 0 atom stereocenters. The smallest absolute Gasteiger partial charge is 0.164 e. The van der Waals surface area contributed by atoms with E-state index in [1.807, 2.05) is 24.3 Å². The van der Waals surface area contributed by atoms with Gasteiger partial charge in [-0.1, -0.05) is 152 Å². The third-order valence-corrected chi connectivity index (χ3v) is 12.7. The number of benzene rings is 9. The Balaban J connectivity index is 0.954. The SMILES string of the molecule is Cc1ccccc1-c1nc(-c2cccc(-c3cccc4c3c3ccccc3n4-c3ccc(-c4ccc5c(c4)c4ccccc4n5-c4ccccc4)cc3)c2)nc(-c2ccccc2C)n1. The second kappa shape index (κ2) is 15.2. The van der Waals surface area contributed by atoms with Crippen LogP contribution in [0.4, 0.5) is 0 Å². The molecule has 0 aliphatic heterocycles. The van der Waals surface area contributed by atoms with Crippen molar-refractivity contribution < 1.29 is 0 Å². The van der Waals surface area contributed by atoms with Crippen LogP contribution in [0.15, 0.2) is 212 Å². The van der Waals surface area contributed by atoms with Crippen LogP contribution in [0.2, 0.25) is 0 Å². The fraction of sp³-hybridized carbons (Fsp3) is 0.0339. The molecule has 12 aromatic rings. The van der Waals surface area contributed by atoms with Gasteiger partial charge in [-0.25, -0.2) is 15.0 Å². The minimum Gasteiger partial charge on any atom is -0.309 e. The van der Waals surface area contributed by atoms with Crippen molar-refractivity contribution in [1.29, 1.82) is 0 Å². The summed E-state index contributed by atoms with van der Waals surface area (Å²) in [6.07, 6.45) is 0. The van der Waals surface area contributed by atoms with Crippen molar-refractivity contribution in [2.24, 2.45) is 0 Å². The molecule has 0 saturated carbocycles. The summed E-state index contributed by atoms with van der Waals surface area (Å²) in [5.41, 5.74) is 16.8. The lowest BCUT2D eigenvalue weighted by molar-refractivity contribution is 1.07. The van der Waals surface area contributed by atoms with Gasteiger partial charge in [0, 0.05) is 49.6 Å². The van der Waals surface area contributed by atoms with Crippen LogP contribution in [0.3, 0.4) is 0 Å². The second-order valence-corrected chi connectivity index (χ2v) is 16.5. The van der Waals surface area contributed by atoms with Crippen molar-refractivity contribution in [2.45, 2.75) is 13.8 Å². The maximum absolute atomic E-state index is 5.12. The number of nitrogens with zero attached hydrogens (tertiary/aromatic N) is 5. The minimum absolute atomic E-state index is 0.643. The number of aryl methyl sites for hydroxylation is 2. The highest BCUT2D eigenvalue weighted by Crippen LogP contribution is 2.41. The topological polar surface area (TPSA) is 48.5 Å². The summed E-state index contributed by atoms with van der Waals surface area (Å²) in [5, 5.41) is 4.90. The maximum atomic E-state index is 5.12. The molecule has 3 heterocycles. The first-order chi connectivity index (χ1) is 31.6. The molecule has 5 heteroatoms. The Kier molecular flexibility index (Phi) is 8.87. The first-order valence-corrected chi connectivity index (χ1v) is 21.8. The zero-order valence-corrected chi connectivity index (χ0v) is 35.4. The molecule has 0 unspecified atom stereocenters. The quantitative estimate of drug-likeness (QED) is 0.161. The Morgan fingerprint density at radius 1 is 0.297 bits per heavy atom. The Morgan fingerprint density at radius 2 is 0.797 bits per heavy atom. The third-order valence-electron chi connectivity index (χ3n) is 12.7. The fourth-order valence-electron chi connectivity index (χ4n) is 9.57. The number of aromatic nitrogens is 5. The predicted octanol–water partition coefficient (Wildman–Crippen LogP) is 15.0. The fourth-order valence-corrected chi connectivity index (χ4v) is 9.57. The van der Waals surface area contributed by atoms with Crippen LogP contribution in [0, 0.1) is 13.8 Å². The normalized spacial score (nSPS) is 11.6. The number of para-hydroxylation sites is 3. The first kappa shape index (κ1) is 37.4. The Hall–Kier alpha value is -8.41. The first-order valence-electron chi connectivity index (χ1n) is 21.8. The van der Waals surface area contributed by atoms with Crippen molar-refractivity contribution in [1.82, 2.24) is 24.1 Å². The van der Waals surface area contributed by atoms with Gasteiger partial charge in [0.15, 0.2) is 17.5 Å². The lowest BCUT2D eigenvalue weighted by atomic mass is 9.97. The molecule has 64 heavy (non-hydrogen) atoms. The molecule has 0 radical (unpaired) electrons. The maximum Gasteiger partial charge on any atom is 0.164 e. The summed E-state index contributed by atoms with van der Waals surface area (Å²) in [7, 11) is 0. The summed E-state index contributed by atoms with van der Waals surface area (Å²) < 4.78 is 4.76. The summed E-state index contributed by atoms with van der Waals surface area (Å²) in [4.78, 5) is 15.3. The van der Waals surface area contributed by atoms with Gasteiger partial charge in [0.25, 0.3) is 0 Å². The molecule has 0 saturated heterocycles. The van der Waals surface area contributed by atoms with E-state index >= 15 is 0 Å². The lowest BCUT2D eigenvalue weighted by Crippen LogP contribution is -2.02. The molecule has 0 amide bonds. The molecule has 302 valence electrons. The van der Waals surface area contributed by atoms with Crippen molar-refractivity contribution in [3.63, 3.8) is 0 Å². The predicted molar refractivity (Wildman–Crippen MR) is 265 cm³/mol. The van der Waals surface area contributed by atoms with Crippen LogP contribution in [0.5, 0.6) is 0 Å². The van der Waals surface area contributed by atoms with Gasteiger partial charge >= 0.3 is 0 Å². The van der Waals surface area contributed by atoms with Crippen LogP contribution in [-0.2, 0) is 0 Å². The van der Waals surface area contributed by atoms with Gasteiger partial charge in [-0.05, 0) is 108 Å². The molecular formula is C59H41N5. The van der Waals surface area contributed by atoms with Crippen LogP contribution in [-0.4, -0.2) is 24.1 Å². The van der Waals surface area contributed by atoms with Crippen molar-refractivity contribution in [2.75, 3.05) is 0 Å². The molecule has 9 aromatic carbocycles. The average Bonchev–Trinajstić information content (AvgIpc) is 3.87. The largest absolute Gasteiger partial charge is 0.309 e. The van der Waals surface area contributed by atoms with Crippen LogP contribution < -0.4 is 0 Å². The van der Waals surface area contributed by atoms with E-state index in [2.05, 4.69) is 211 Å². The molecule has 0 spiro atoms. The summed E-state index contributed by atoms with van der Waals surface area (Å²) in [5.74, 6) is 1.97. The second-order valence-electron chi connectivity index (χ2n) is 16.5. The number of hydrogen-bond acceptors (Lipinski definition) is 3. The van der Waals surface area contributed by atoms with Gasteiger partial charge in [0.1, 0.15) is 0 Å². The van der Waals surface area contributed by atoms with E-state index in [1.165, 1.54) is 43.7 Å². The van der Waals surface area contributed by atoms with Crippen molar-refractivity contribution in [3.05, 3.63) is 223 Å². The number of hydrogen-bond donors (Lipinski definition) is 0.